The number of hydrogen-bond acceptors (Lipinski definition) is 4. The fraction of sp³-hybridized carbons (Fsp3) is 0.571. The van der Waals surface area contributed by atoms with Gasteiger partial charge in [0.1, 0.15) is 0 Å². The van der Waals surface area contributed by atoms with Crippen molar-refractivity contribution >= 4 is 5.97 Å². The Morgan fingerprint density at radius 1 is 1.32 bits per heavy atom. The average Bonchev–Trinajstić information content (AvgIpc) is 2.63. The van der Waals surface area contributed by atoms with Gasteiger partial charge in [0.2, 0.25) is 0 Å². The van der Waals surface area contributed by atoms with Crippen LogP contribution in [-0.4, -0.2) is 47.8 Å². The van der Waals surface area contributed by atoms with Crippen LogP contribution < -0.4 is 0 Å². The zero-order valence-corrected chi connectivity index (χ0v) is 15.1. The summed E-state index contributed by atoms with van der Waals surface area (Å²) >= 11 is 0. The number of rotatable bonds is 4. The zero-order chi connectivity index (χ0) is 17.8. The Kier molecular flexibility index (Phi) is 5.78. The Morgan fingerprint density at radius 3 is 2.72 bits per heavy atom. The first-order chi connectivity index (χ1) is 12.1. The van der Waals surface area contributed by atoms with Gasteiger partial charge in [0.15, 0.2) is 0 Å². The van der Waals surface area contributed by atoms with Crippen LogP contribution in [0.3, 0.4) is 0 Å². The molecular formula is C21H27NO3. The first-order valence-corrected chi connectivity index (χ1v) is 9.37. The molecule has 0 saturated carbocycles. The predicted molar refractivity (Wildman–Crippen MR) is 97.4 cm³/mol. The van der Waals surface area contributed by atoms with Crippen LogP contribution in [-0.2, 0) is 11.2 Å². The van der Waals surface area contributed by atoms with E-state index in [0.717, 1.165) is 49.9 Å². The largest absolute Gasteiger partial charge is 0.462 e. The van der Waals surface area contributed by atoms with Crippen LogP contribution in [0.5, 0.6) is 0 Å². The van der Waals surface area contributed by atoms with Crippen LogP contribution in [0.1, 0.15) is 54.6 Å². The molecule has 1 aromatic carbocycles. The first-order valence-electron chi connectivity index (χ1n) is 9.37. The Morgan fingerprint density at radius 2 is 2.08 bits per heavy atom. The molecule has 0 amide bonds. The molecule has 1 aromatic rings. The number of carbonyl (C=O) groups is 1. The van der Waals surface area contributed by atoms with Crippen LogP contribution in [0.4, 0.5) is 0 Å². The lowest BCUT2D eigenvalue weighted by atomic mass is 9.81. The maximum atomic E-state index is 11.9. The van der Waals surface area contributed by atoms with Crippen LogP contribution in [0.15, 0.2) is 18.2 Å². The third kappa shape index (κ3) is 3.89. The van der Waals surface area contributed by atoms with E-state index in [4.69, 9.17) is 4.74 Å². The van der Waals surface area contributed by atoms with E-state index >= 15 is 0 Å². The average molecular weight is 341 g/mol. The Labute approximate surface area is 150 Å². The van der Waals surface area contributed by atoms with Crippen LogP contribution in [0.2, 0.25) is 0 Å². The van der Waals surface area contributed by atoms with E-state index in [9.17, 15) is 9.90 Å². The van der Waals surface area contributed by atoms with Crippen molar-refractivity contribution in [2.75, 3.05) is 19.7 Å². The fourth-order valence-electron chi connectivity index (χ4n) is 3.87. The van der Waals surface area contributed by atoms with Crippen LogP contribution in [0, 0.1) is 17.8 Å². The second kappa shape index (κ2) is 8.03. The minimum absolute atomic E-state index is 0.0632. The van der Waals surface area contributed by atoms with Crippen molar-refractivity contribution in [2.45, 2.75) is 51.7 Å². The van der Waals surface area contributed by atoms with Gasteiger partial charge in [-0.25, -0.2) is 4.79 Å². The summed E-state index contributed by atoms with van der Waals surface area (Å²) in [6.07, 6.45) is 3.67. The molecule has 3 aliphatic rings. The van der Waals surface area contributed by atoms with Gasteiger partial charge in [0.25, 0.3) is 0 Å². The van der Waals surface area contributed by atoms with Gasteiger partial charge in [0, 0.05) is 5.56 Å². The number of piperidine rings is 3. The summed E-state index contributed by atoms with van der Waals surface area (Å²) in [6.45, 7) is 6.36. The van der Waals surface area contributed by atoms with E-state index in [2.05, 4.69) is 23.7 Å². The number of fused-ring (bicyclic) bond motifs is 3. The zero-order valence-electron chi connectivity index (χ0n) is 15.1. The molecule has 2 atom stereocenters. The summed E-state index contributed by atoms with van der Waals surface area (Å²) in [5.41, 5.74) is 2.60. The van der Waals surface area contributed by atoms with Crippen molar-refractivity contribution in [1.29, 1.82) is 0 Å². The third-order valence-corrected chi connectivity index (χ3v) is 5.26. The summed E-state index contributed by atoms with van der Waals surface area (Å²) in [7, 11) is 0. The SMILES string of the molecule is CCCc1cc(C(=O)OCC)ccc1C#CC1C(O)C2CCN1CC2. The smallest absolute Gasteiger partial charge is 0.338 e. The van der Waals surface area contributed by atoms with E-state index in [1.165, 1.54) is 0 Å². The summed E-state index contributed by atoms with van der Waals surface area (Å²) in [6, 6.07) is 5.53. The number of benzene rings is 1. The second-order valence-corrected chi connectivity index (χ2v) is 6.92. The van der Waals surface area contributed by atoms with E-state index < -0.39 is 0 Å². The molecule has 0 aliphatic carbocycles. The van der Waals surface area contributed by atoms with Crippen molar-refractivity contribution in [3.8, 4) is 11.8 Å². The maximum Gasteiger partial charge on any atom is 0.338 e. The number of nitrogens with zero attached hydrogens (tertiary/aromatic N) is 1. The number of esters is 1. The topological polar surface area (TPSA) is 49.8 Å². The van der Waals surface area contributed by atoms with Crippen molar-refractivity contribution < 1.29 is 14.6 Å². The van der Waals surface area contributed by atoms with Gasteiger partial charge in [-0.15, -0.1) is 0 Å². The van der Waals surface area contributed by atoms with Gasteiger partial charge in [-0.05, 0) is 69.0 Å². The second-order valence-electron chi connectivity index (χ2n) is 6.92. The van der Waals surface area contributed by atoms with E-state index in [0.29, 0.717) is 18.1 Å². The molecule has 4 rings (SSSR count). The molecule has 0 spiro atoms. The molecule has 3 heterocycles. The number of ether oxygens (including phenoxy) is 1. The van der Waals surface area contributed by atoms with Gasteiger partial charge in [-0.3, -0.25) is 4.90 Å². The minimum Gasteiger partial charge on any atom is -0.462 e. The number of aliphatic hydroxyl groups is 1. The summed E-state index contributed by atoms with van der Waals surface area (Å²) in [5.74, 6) is 6.69. The highest BCUT2D eigenvalue weighted by molar-refractivity contribution is 5.89. The third-order valence-electron chi connectivity index (χ3n) is 5.26. The van der Waals surface area contributed by atoms with Gasteiger partial charge in [-0.2, -0.15) is 0 Å². The number of carbonyl (C=O) groups excluding carboxylic acids is 1. The molecule has 1 N–H and O–H groups in total. The lowest BCUT2D eigenvalue weighted by molar-refractivity contribution is -0.0500. The predicted octanol–water partition coefficient (Wildman–Crippen LogP) is 2.62. The molecular weight excluding hydrogens is 314 g/mol. The van der Waals surface area contributed by atoms with E-state index in [1.807, 2.05) is 19.1 Å². The molecule has 4 heteroatoms. The highest BCUT2D eigenvalue weighted by Crippen LogP contribution is 2.32. The van der Waals surface area contributed by atoms with E-state index in [1.54, 1.807) is 6.07 Å². The fourth-order valence-corrected chi connectivity index (χ4v) is 3.87. The first kappa shape index (κ1) is 18.0. The lowest BCUT2D eigenvalue weighted by Crippen LogP contribution is -2.57. The van der Waals surface area contributed by atoms with Gasteiger partial charge in [0.05, 0.1) is 24.3 Å². The van der Waals surface area contributed by atoms with Crippen molar-refractivity contribution in [3.05, 3.63) is 34.9 Å². The summed E-state index contributed by atoms with van der Waals surface area (Å²) in [5, 5.41) is 10.5. The Balaban J connectivity index is 1.83. The lowest BCUT2D eigenvalue weighted by Gasteiger charge is -2.46. The van der Waals surface area contributed by atoms with Crippen molar-refractivity contribution in [1.82, 2.24) is 4.90 Å². The highest BCUT2D eigenvalue weighted by Gasteiger charge is 2.40. The molecule has 3 fully saturated rings. The Hall–Kier alpha value is -1.83. The molecule has 2 unspecified atom stereocenters. The maximum absolute atomic E-state index is 11.9. The standard InChI is InChI=1S/C21H27NO3/c1-3-5-17-14-18(21(24)25-4-2)7-6-15(17)8-9-19-20(23)16-10-12-22(19)13-11-16/h6-7,14,16,19-20,23H,3-5,10-13H2,1-2H3. The van der Waals surface area contributed by atoms with Crippen molar-refractivity contribution in [2.24, 2.45) is 5.92 Å². The molecule has 2 bridgehead atoms. The van der Waals surface area contributed by atoms with Gasteiger partial charge < -0.3 is 9.84 Å². The Bertz CT molecular complexity index is 678. The van der Waals surface area contributed by atoms with Gasteiger partial charge in [-0.1, -0.05) is 25.2 Å². The van der Waals surface area contributed by atoms with E-state index in [-0.39, 0.29) is 18.1 Å². The molecule has 4 nitrogen and oxygen atoms in total. The quantitative estimate of drug-likeness (QED) is 0.676. The highest BCUT2D eigenvalue weighted by atomic mass is 16.5. The molecule has 0 radical (unpaired) electrons. The number of aryl methyl sites for hydroxylation is 1. The number of hydrogen-bond donors (Lipinski definition) is 1. The van der Waals surface area contributed by atoms with Crippen LogP contribution in [0.25, 0.3) is 0 Å². The number of aliphatic hydroxyl groups excluding tert-OH is 1. The minimum atomic E-state index is -0.344. The molecule has 3 saturated heterocycles. The molecule has 134 valence electrons. The summed E-state index contributed by atoms with van der Waals surface area (Å²) < 4.78 is 5.09. The normalized spacial score (nSPS) is 27.5. The van der Waals surface area contributed by atoms with Gasteiger partial charge >= 0.3 is 5.97 Å². The van der Waals surface area contributed by atoms with Crippen LogP contribution >= 0.6 is 0 Å². The van der Waals surface area contributed by atoms with Crippen molar-refractivity contribution in [3.63, 3.8) is 0 Å². The molecule has 25 heavy (non-hydrogen) atoms. The molecule has 0 aromatic heterocycles. The monoisotopic (exact) mass is 341 g/mol. The molecule has 3 aliphatic heterocycles. The summed E-state index contributed by atoms with van der Waals surface area (Å²) in [4.78, 5) is 14.2.